The first-order valence-electron chi connectivity index (χ1n) is 7.05. The van der Waals surface area contributed by atoms with Crippen LogP contribution in [0.1, 0.15) is 31.2 Å². The molecule has 0 unspecified atom stereocenters. The summed E-state index contributed by atoms with van der Waals surface area (Å²) in [6.07, 6.45) is 2.35. The van der Waals surface area contributed by atoms with Crippen LogP contribution < -0.4 is 10.1 Å². The third kappa shape index (κ3) is 9.63. The minimum Gasteiger partial charge on any atom is -0.406 e. The minimum absolute atomic E-state index is 0.181. The van der Waals surface area contributed by atoms with Crippen molar-refractivity contribution < 1.29 is 17.9 Å². The highest BCUT2D eigenvalue weighted by Crippen LogP contribution is 2.22. The van der Waals surface area contributed by atoms with Crippen LogP contribution in [-0.2, 0) is 6.54 Å². The highest BCUT2D eigenvalue weighted by atomic mass is 32.2. The van der Waals surface area contributed by atoms with Crippen molar-refractivity contribution >= 4 is 11.8 Å². The molecule has 0 spiro atoms. The smallest absolute Gasteiger partial charge is 0.406 e. The van der Waals surface area contributed by atoms with Crippen LogP contribution in [-0.4, -0.2) is 24.9 Å². The molecule has 0 aliphatic heterocycles. The minimum atomic E-state index is -4.63. The maximum atomic E-state index is 12.0. The highest BCUT2D eigenvalue weighted by molar-refractivity contribution is 7.98. The number of hydrogen-bond acceptors (Lipinski definition) is 3. The van der Waals surface area contributed by atoms with Gasteiger partial charge in [-0.15, -0.1) is 13.2 Å². The highest BCUT2D eigenvalue weighted by Gasteiger charge is 2.30. The summed E-state index contributed by atoms with van der Waals surface area (Å²) in [6, 6.07) is 5.97. The molecule has 0 bridgehead atoms. The summed E-state index contributed by atoms with van der Waals surface area (Å²) in [6.45, 7) is 1.59. The molecule has 0 radical (unpaired) electrons. The largest absolute Gasteiger partial charge is 0.573 e. The molecule has 1 aromatic rings. The van der Waals surface area contributed by atoms with Crippen molar-refractivity contribution in [3.05, 3.63) is 29.8 Å². The van der Waals surface area contributed by atoms with Gasteiger partial charge in [-0.3, -0.25) is 0 Å². The summed E-state index contributed by atoms with van der Waals surface area (Å²) < 4.78 is 39.8. The van der Waals surface area contributed by atoms with E-state index in [9.17, 15) is 13.2 Å². The number of halogens is 3. The van der Waals surface area contributed by atoms with E-state index in [0.717, 1.165) is 18.5 Å². The lowest BCUT2D eigenvalue weighted by atomic mass is 10.2. The Hall–Kier alpha value is -0.880. The average Bonchev–Trinajstić information content (AvgIpc) is 2.42. The van der Waals surface area contributed by atoms with E-state index in [1.807, 2.05) is 11.8 Å². The third-order valence-electron chi connectivity index (χ3n) is 2.94. The van der Waals surface area contributed by atoms with Gasteiger partial charge < -0.3 is 10.1 Å². The lowest BCUT2D eigenvalue weighted by Gasteiger charge is -2.09. The van der Waals surface area contributed by atoms with Crippen LogP contribution in [0.2, 0.25) is 0 Å². The van der Waals surface area contributed by atoms with Crippen LogP contribution in [0.25, 0.3) is 0 Å². The Morgan fingerprint density at radius 3 is 2.33 bits per heavy atom. The maximum Gasteiger partial charge on any atom is 0.573 e. The molecule has 0 heterocycles. The zero-order chi connectivity index (χ0) is 15.6. The Labute approximate surface area is 128 Å². The Bertz CT molecular complexity index is 382. The van der Waals surface area contributed by atoms with Gasteiger partial charge in [-0.25, -0.2) is 0 Å². The van der Waals surface area contributed by atoms with Crippen LogP contribution >= 0.6 is 11.8 Å². The molecule has 0 fully saturated rings. The second-order valence-corrected chi connectivity index (χ2v) is 5.76. The van der Waals surface area contributed by atoms with Crippen molar-refractivity contribution in [3.8, 4) is 5.75 Å². The van der Waals surface area contributed by atoms with Crippen LogP contribution in [0.15, 0.2) is 24.3 Å². The van der Waals surface area contributed by atoms with Crippen LogP contribution in [0.3, 0.4) is 0 Å². The molecule has 0 amide bonds. The number of thioether (sulfide) groups is 1. The van der Waals surface area contributed by atoms with Crippen molar-refractivity contribution in [1.82, 2.24) is 5.32 Å². The SMILES string of the molecule is CSCCCCCCNCc1ccc(OC(F)(F)F)cc1. The van der Waals surface area contributed by atoms with Gasteiger partial charge in [0, 0.05) is 6.54 Å². The van der Waals surface area contributed by atoms with E-state index in [1.165, 1.54) is 37.1 Å². The van der Waals surface area contributed by atoms with E-state index >= 15 is 0 Å². The molecule has 120 valence electrons. The lowest BCUT2D eigenvalue weighted by molar-refractivity contribution is -0.274. The molecule has 0 atom stereocenters. The van der Waals surface area contributed by atoms with Gasteiger partial charge in [0.15, 0.2) is 0 Å². The molecular weight excluding hydrogens is 299 g/mol. The molecule has 1 aromatic carbocycles. The second kappa shape index (κ2) is 9.95. The Morgan fingerprint density at radius 1 is 1.05 bits per heavy atom. The quantitative estimate of drug-likeness (QED) is 0.637. The van der Waals surface area contributed by atoms with Crippen molar-refractivity contribution in [2.24, 2.45) is 0 Å². The van der Waals surface area contributed by atoms with E-state index < -0.39 is 6.36 Å². The normalized spacial score (nSPS) is 11.6. The summed E-state index contributed by atoms with van der Waals surface area (Å²) in [5.74, 6) is 1.04. The number of benzene rings is 1. The Kier molecular flexibility index (Phi) is 8.61. The van der Waals surface area contributed by atoms with E-state index in [4.69, 9.17) is 0 Å². The summed E-state index contributed by atoms with van der Waals surface area (Å²) in [4.78, 5) is 0. The predicted octanol–water partition coefficient (Wildman–Crippen LogP) is 4.60. The van der Waals surface area contributed by atoms with Gasteiger partial charge in [-0.1, -0.05) is 25.0 Å². The van der Waals surface area contributed by atoms with Gasteiger partial charge in [-0.05, 0) is 49.1 Å². The summed E-state index contributed by atoms with van der Waals surface area (Å²) in [5.41, 5.74) is 0.951. The molecule has 0 saturated heterocycles. The van der Waals surface area contributed by atoms with Crippen molar-refractivity contribution in [2.45, 2.75) is 38.6 Å². The summed E-state index contributed by atoms with van der Waals surface area (Å²) in [7, 11) is 0. The number of rotatable bonds is 10. The molecule has 0 aliphatic rings. The van der Waals surface area contributed by atoms with Gasteiger partial charge >= 0.3 is 6.36 Å². The summed E-state index contributed by atoms with van der Waals surface area (Å²) in [5, 5.41) is 3.29. The van der Waals surface area contributed by atoms with Gasteiger partial charge in [-0.2, -0.15) is 11.8 Å². The first-order valence-corrected chi connectivity index (χ1v) is 8.45. The second-order valence-electron chi connectivity index (χ2n) is 4.78. The maximum absolute atomic E-state index is 12.0. The monoisotopic (exact) mass is 321 g/mol. The first kappa shape index (κ1) is 18.2. The lowest BCUT2D eigenvalue weighted by Crippen LogP contribution is -2.17. The molecule has 21 heavy (non-hydrogen) atoms. The van der Waals surface area contributed by atoms with E-state index in [1.54, 1.807) is 12.1 Å². The van der Waals surface area contributed by atoms with Crippen molar-refractivity contribution in [1.29, 1.82) is 0 Å². The van der Waals surface area contributed by atoms with Crippen LogP contribution in [0.4, 0.5) is 13.2 Å². The number of nitrogens with one attached hydrogen (secondary N) is 1. The average molecular weight is 321 g/mol. The molecule has 2 nitrogen and oxygen atoms in total. The van der Waals surface area contributed by atoms with Gasteiger partial charge in [0.25, 0.3) is 0 Å². The van der Waals surface area contributed by atoms with E-state index in [2.05, 4.69) is 16.3 Å². The summed E-state index contributed by atoms with van der Waals surface area (Å²) >= 11 is 1.88. The number of alkyl halides is 3. The third-order valence-corrected chi connectivity index (χ3v) is 3.63. The van der Waals surface area contributed by atoms with Gasteiger partial charge in [0.2, 0.25) is 0 Å². The Morgan fingerprint density at radius 2 is 1.71 bits per heavy atom. The fourth-order valence-corrected chi connectivity index (χ4v) is 2.38. The Balaban J connectivity index is 2.13. The topological polar surface area (TPSA) is 21.3 Å². The van der Waals surface area contributed by atoms with E-state index in [0.29, 0.717) is 6.54 Å². The van der Waals surface area contributed by atoms with Crippen molar-refractivity contribution in [3.63, 3.8) is 0 Å². The fourth-order valence-electron chi connectivity index (χ4n) is 1.89. The van der Waals surface area contributed by atoms with Crippen LogP contribution in [0.5, 0.6) is 5.75 Å². The fraction of sp³-hybridized carbons (Fsp3) is 0.600. The molecule has 1 N–H and O–H groups in total. The standard InChI is InChI=1S/C15H22F3NOS/c1-21-11-5-3-2-4-10-19-12-13-6-8-14(9-7-13)20-15(16,17)18/h6-9,19H,2-5,10-12H2,1H3. The van der Waals surface area contributed by atoms with Gasteiger partial charge in [0.1, 0.15) is 5.75 Å². The zero-order valence-electron chi connectivity index (χ0n) is 12.2. The number of ether oxygens (including phenoxy) is 1. The number of unbranched alkanes of at least 4 members (excludes halogenated alkanes) is 3. The zero-order valence-corrected chi connectivity index (χ0v) is 13.0. The van der Waals surface area contributed by atoms with Crippen molar-refractivity contribution in [2.75, 3.05) is 18.6 Å². The predicted molar refractivity (Wildman–Crippen MR) is 81.7 cm³/mol. The van der Waals surface area contributed by atoms with E-state index in [-0.39, 0.29) is 5.75 Å². The van der Waals surface area contributed by atoms with Crippen LogP contribution in [0, 0.1) is 0 Å². The number of hydrogen-bond donors (Lipinski definition) is 1. The molecule has 0 aromatic heterocycles. The molecular formula is C15H22F3NOS. The van der Waals surface area contributed by atoms with Gasteiger partial charge in [0.05, 0.1) is 0 Å². The first-order chi connectivity index (χ1) is 10.0. The molecule has 0 aliphatic carbocycles. The molecule has 1 rings (SSSR count). The molecule has 6 heteroatoms. The molecule has 0 saturated carbocycles.